The molecule has 1 heterocycles. The first-order valence-corrected chi connectivity index (χ1v) is 12.8. The standard InChI is InChI=1S/C24H28FN3O4S/c25-19-4-2-5-20(14-19)27-24(30)17-9-7-16(8-10-17)15-26-33(31,32)21-11-12-22-18(13-21)3-1-6-23(29)28-22/h2,4-5,11-14,16-17,26H,1,3,6-10,15H2,(H,27,30)(H,28,29). The summed E-state index contributed by atoms with van der Waals surface area (Å²) in [7, 11) is -3.67. The molecule has 1 saturated carbocycles. The molecule has 0 saturated heterocycles. The number of carbonyl (C=O) groups excluding carboxylic acids is 2. The summed E-state index contributed by atoms with van der Waals surface area (Å²) in [6.07, 6.45) is 4.56. The van der Waals surface area contributed by atoms with Gasteiger partial charge >= 0.3 is 0 Å². The molecule has 1 aliphatic carbocycles. The quantitative estimate of drug-likeness (QED) is 0.593. The van der Waals surface area contributed by atoms with Gasteiger partial charge in [-0.15, -0.1) is 0 Å². The van der Waals surface area contributed by atoms with Gasteiger partial charge in [0.25, 0.3) is 0 Å². The smallest absolute Gasteiger partial charge is 0.240 e. The molecular weight excluding hydrogens is 445 g/mol. The summed E-state index contributed by atoms with van der Waals surface area (Å²) >= 11 is 0. The molecule has 7 nitrogen and oxygen atoms in total. The number of aryl methyl sites for hydroxylation is 1. The molecule has 4 rings (SSSR count). The van der Waals surface area contributed by atoms with Crippen LogP contribution in [0.1, 0.15) is 44.1 Å². The lowest BCUT2D eigenvalue weighted by Gasteiger charge is -2.28. The largest absolute Gasteiger partial charge is 0.326 e. The zero-order valence-corrected chi connectivity index (χ0v) is 19.1. The summed E-state index contributed by atoms with van der Waals surface area (Å²) in [5.74, 6) is -0.596. The van der Waals surface area contributed by atoms with Gasteiger partial charge in [-0.3, -0.25) is 9.59 Å². The molecule has 0 unspecified atom stereocenters. The fraction of sp³-hybridized carbons (Fsp3) is 0.417. The maximum Gasteiger partial charge on any atom is 0.240 e. The highest BCUT2D eigenvalue weighted by Crippen LogP contribution is 2.30. The number of sulfonamides is 1. The van der Waals surface area contributed by atoms with Gasteiger partial charge in [-0.05, 0) is 86.4 Å². The molecule has 2 amide bonds. The minimum Gasteiger partial charge on any atom is -0.326 e. The molecule has 0 spiro atoms. The molecule has 33 heavy (non-hydrogen) atoms. The van der Waals surface area contributed by atoms with E-state index < -0.39 is 15.8 Å². The third-order valence-electron chi connectivity index (χ3n) is 6.38. The molecule has 0 atom stereocenters. The Morgan fingerprint density at radius 3 is 2.61 bits per heavy atom. The number of fused-ring (bicyclic) bond motifs is 1. The van der Waals surface area contributed by atoms with Gasteiger partial charge in [0, 0.05) is 30.3 Å². The molecular formula is C24H28FN3O4S. The Hall–Kier alpha value is -2.78. The molecule has 176 valence electrons. The predicted molar refractivity (Wildman–Crippen MR) is 124 cm³/mol. The van der Waals surface area contributed by atoms with Crippen molar-refractivity contribution in [2.24, 2.45) is 11.8 Å². The van der Waals surface area contributed by atoms with E-state index in [1.54, 1.807) is 24.3 Å². The number of rotatable bonds is 6. The van der Waals surface area contributed by atoms with E-state index in [0.717, 1.165) is 18.4 Å². The molecule has 1 fully saturated rings. The lowest BCUT2D eigenvalue weighted by Crippen LogP contribution is -2.33. The molecule has 1 aliphatic heterocycles. The molecule has 2 aliphatic rings. The van der Waals surface area contributed by atoms with Crippen molar-refractivity contribution in [3.63, 3.8) is 0 Å². The van der Waals surface area contributed by atoms with E-state index in [1.165, 1.54) is 18.2 Å². The van der Waals surface area contributed by atoms with E-state index in [2.05, 4.69) is 15.4 Å². The molecule has 3 N–H and O–H groups in total. The first-order valence-electron chi connectivity index (χ1n) is 11.3. The zero-order chi connectivity index (χ0) is 23.4. The van der Waals surface area contributed by atoms with E-state index in [0.29, 0.717) is 50.0 Å². The van der Waals surface area contributed by atoms with Crippen LogP contribution in [0.5, 0.6) is 0 Å². The van der Waals surface area contributed by atoms with Gasteiger partial charge in [0.15, 0.2) is 0 Å². The fourth-order valence-corrected chi connectivity index (χ4v) is 5.63. The lowest BCUT2D eigenvalue weighted by atomic mass is 9.81. The van der Waals surface area contributed by atoms with Crippen LogP contribution in [0.3, 0.4) is 0 Å². The van der Waals surface area contributed by atoms with Crippen molar-refractivity contribution in [1.29, 1.82) is 0 Å². The summed E-state index contributed by atoms with van der Waals surface area (Å²) in [6.45, 7) is 0.314. The average Bonchev–Trinajstić information content (AvgIpc) is 2.98. The number of hydrogen-bond acceptors (Lipinski definition) is 4. The average molecular weight is 474 g/mol. The maximum absolute atomic E-state index is 13.3. The SMILES string of the molecule is O=C1CCCc2cc(S(=O)(=O)NCC3CCC(C(=O)Nc4cccc(F)c4)CC3)ccc2N1. The number of anilines is 2. The monoisotopic (exact) mass is 473 g/mol. The number of nitrogens with one attached hydrogen (secondary N) is 3. The van der Waals surface area contributed by atoms with Crippen molar-refractivity contribution >= 4 is 33.2 Å². The highest BCUT2D eigenvalue weighted by atomic mass is 32.2. The van der Waals surface area contributed by atoms with Crippen molar-refractivity contribution in [3.8, 4) is 0 Å². The van der Waals surface area contributed by atoms with Crippen molar-refractivity contribution < 1.29 is 22.4 Å². The Morgan fingerprint density at radius 1 is 1.06 bits per heavy atom. The molecule has 2 aromatic rings. The molecule has 0 radical (unpaired) electrons. The van der Waals surface area contributed by atoms with Crippen molar-refractivity contribution in [1.82, 2.24) is 4.72 Å². The first kappa shape index (κ1) is 23.4. The van der Waals surface area contributed by atoms with Gasteiger partial charge in [0.05, 0.1) is 4.90 Å². The van der Waals surface area contributed by atoms with Crippen molar-refractivity contribution in [2.75, 3.05) is 17.2 Å². The third-order valence-corrected chi connectivity index (χ3v) is 7.80. The zero-order valence-electron chi connectivity index (χ0n) is 18.3. The number of benzene rings is 2. The van der Waals surface area contributed by atoms with Crippen LogP contribution in [-0.2, 0) is 26.0 Å². The van der Waals surface area contributed by atoms with Crippen LogP contribution in [0, 0.1) is 17.7 Å². The Labute approximate surface area is 193 Å². The fourth-order valence-electron chi connectivity index (χ4n) is 4.47. The minimum atomic E-state index is -3.67. The Kier molecular flexibility index (Phi) is 7.09. The highest BCUT2D eigenvalue weighted by Gasteiger charge is 2.28. The van der Waals surface area contributed by atoms with Gasteiger partial charge in [0.1, 0.15) is 5.82 Å². The van der Waals surface area contributed by atoms with Gasteiger partial charge in [-0.2, -0.15) is 0 Å². The normalized spacial score (nSPS) is 20.9. The van der Waals surface area contributed by atoms with Gasteiger partial charge < -0.3 is 10.6 Å². The number of carbonyl (C=O) groups is 2. The second-order valence-electron chi connectivity index (χ2n) is 8.79. The molecule has 0 bridgehead atoms. The third kappa shape index (κ3) is 5.97. The first-order chi connectivity index (χ1) is 15.8. The summed E-state index contributed by atoms with van der Waals surface area (Å²) in [5, 5.41) is 5.57. The second kappa shape index (κ2) is 10.0. The lowest BCUT2D eigenvalue weighted by molar-refractivity contribution is -0.121. The van der Waals surface area contributed by atoms with E-state index in [4.69, 9.17) is 0 Å². The van der Waals surface area contributed by atoms with Crippen molar-refractivity contribution in [2.45, 2.75) is 49.8 Å². The van der Waals surface area contributed by atoms with Crippen molar-refractivity contribution in [3.05, 3.63) is 53.8 Å². The number of hydrogen-bond donors (Lipinski definition) is 3. The summed E-state index contributed by atoms with van der Waals surface area (Å²) < 4.78 is 41.7. The van der Waals surface area contributed by atoms with E-state index in [9.17, 15) is 22.4 Å². The van der Waals surface area contributed by atoms with Gasteiger partial charge in [0.2, 0.25) is 21.8 Å². The van der Waals surface area contributed by atoms with Crippen LogP contribution >= 0.6 is 0 Å². The van der Waals surface area contributed by atoms with E-state index >= 15 is 0 Å². The summed E-state index contributed by atoms with van der Waals surface area (Å²) in [5.41, 5.74) is 1.94. The van der Waals surface area contributed by atoms with Gasteiger partial charge in [-0.25, -0.2) is 17.5 Å². The van der Waals surface area contributed by atoms with Gasteiger partial charge in [-0.1, -0.05) is 6.07 Å². The molecule has 2 aromatic carbocycles. The highest BCUT2D eigenvalue weighted by molar-refractivity contribution is 7.89. The topological polar surface area (TPSA) is 104 Å². The van der Waals surface area contributed by atoms with Crippen LogP contribution in [0.4, 0.5) is 15.8 Å². The van der Waals surface area contributed by atoms with Crippen LogP contribution in [-0.4, -0.2) is 26.8 Å². The Morgan fingerprint density at radius 2 is 1.85 bits per heavy atom. The Balaban J connectivity index is 1.29. The second-order valence-corrected chi connectivity index (χ2v) is 10.6. The predicted octanol–water partition coefficient (Wildman–Crippen LogP) is 3.82. The number of halogens is 1. The van der Waals surface area contributed by atoms with Crippen LogP contribution in [0.15, 0.2) is 47.4 Å². The Bertz CT molecular complexity index is 1140. The number of amides is 2. The maximum atomic E-state index is 13.3. The van der Waals surface area contributed by atoms with E-state index in [-0.39, 0.29) is 28.5 Å². The molecule has 9 heteroatoms. The summed E-state index contributed by atoms with van der Waals surface area (Å²) in [4.78, 5) is 24.4. The summed E-state index contributed by atoms with van der Waals surface area (Å²) in [6, 6.07) is 10.6. The van der Waals surface area contributed by atoms with Crippen LogP contribution in [0.2, 0.25) is 0 Å². The van der Waals surface area contributed by atoms with Crippen LogP contribution < -0.4 is 15.4 Å². The van der Waals surface area contributed by atoms with Crippen LogP contribution in [0.25, 0.3) is 0 Å². The minimum absolute atomic E-state index is 0.0531. The van der Waals surface area contributed by atoms with E-state index in [1.807, 2.05) is 0 Å². The molecule has 0 aromatic heterocycles.